The molecule has 1 atom stereocenters. The molecular formula is C21H42O4. The number of hydrogen-bond acceptors (Lipinski definition) is 4. The predicted molar refractivity (Wildman–Crippen MR) is 104 cm³/mol. The Bertz CT molecular complexity index is 281. The van der Waals surface area contributed by atoms with E-state index in [2.05, 4.69) is 6.92 Å². The van der Waals surface area contributed by atoms with Crippen molar-refractivity contribution in [3.05, 3.63) is 0 Å². The van der Waals surface area contributed by atoms with E-state index in [9.17, 15) is 4.79 Å². The zero-order valence-corrected chi connectivity index (χ0v) is 16.8. The minimum atomic E-state index is -0.524. The van der Waals surface area contributed by atoms with E-state index in [0.717, 1.165) is 6.42 Å². The Labute approximate surface area is 155 Å². The third kappa shape index (κ3) is 19.6. The van der Waals surface area contributed by atoms with Gasteiger partial charge in [-0.1, -0.05) is 90.4 Å². The van der Waals surface area contributed by atoms with Gasteiger partial charge in [0.15, 0.2) is 0 Å². The fraction of sp³-hybridized carbons (Fsp3) is 0.952. The maximum Gasteiger partial charge on any atom is 0.303 e. The molecule has 0 unspecified atom stereocenters. The highest BCUT2D eigenvalue weighted by Crippen LogP contribution is 2.12. The predicted octanol–water partition coefficient (Wildman–Crippen LogP) is 5.41. The molecule has 0 amide bonds. The van der Waals surface area contributed by atoms with Crippen LogP contribution >= 0.6 is 0 Å². The number of hydrogen-bond donors (Lipinski definition) is 1. The van der Waals surface area contributed by atoms with Crippen LogP contribution in [0.3, 0.4) is 0 Å². The summed E-state index contributed by atoms with van der Waals surface area (Å²) < 4.78 is 10.4. The fourth-order valence-electron chi connectivity index (χ4n) is 2.97. The topological polar surface area (TPSA) is 55.8 Å². The van der Waals surface area contributed by atoms with Crippen molar-refractivity contribution in [1.82, 2.24) is 0 Å². The SMILES string of the molecule is CCCCCCCCCCCCCCCCOC[C@H](CO)OC(C)=O. The molecule has 0 aromatic carbocycles. The van der Waals surface area contributed by atoms with Gasteiger partial charge in [-0.2, -0.15) is 0 Å². The van der Waals surface area contributed by atoms with Crippen molar-refractivity contribution in [2.75, 3.05) is 19.8 Å². The third-order valence-electron chi connectivity index (χ3n) is 4.48. The molecule has 0 aliphatic heterocycles. The lowest BCUT2D eigenvalue weighted by molar-refractivity contribution is -0.152. The van der Waals surface area contributed by atoms with Gasteiger partial charge in [0, 0.05) is 13.5 Å². The van der Waals surface area contributed by atoms with Crippen LogP contribution in [0.5, 0.6) is 0 Å². The van der Waals surface area contributed by atoms with Crippen molar-refractivity contribution < 1.29 is 19.4 Å². The molecule has 0 radical (unpaired) electrons. The summed E-state index contributed by atoms with van der Waals surface area (Å²) in [6.45, 7) is 4.39. The van der Waals surface area contributed by atoms with Crippen LogP contribution in [0, 0.1) is 0 Å². The first kappa shape index (κ1) is 24.4. The Morgan fingerprint density at radius 2 is 1.24 bits per heavy atom. The van der Waals surface area contributed by atoms with Crippen LogP contribution in [-0.4, -0.2) is 37.0 Å². The fourth-order valence-corrected chi connectivity index (χ4v) is 2.97. The van der Waals surface area contributed by atoms with Crippen molar-refractivity contribution in [3.8, 4) is 0 Å². The number of aliphatic hydroxyl groups is 1. The van der Waals surface area contributed by atoms with E-state index in [0.29, 0.717) is 6.61 Å². The zero-order valence-electron chi connectivity index (χ0n) is 16.8. The van der Waals surface area contributed by atoms with Gasteiger partial charge in [0.1, 0.15) is 6.10 Å². The summed E-state index contributed by atoms with van der Waals surface area (Å²) >= 11 is 0. The number of carbonyl (C=O) groups excluding carboxylic acids is 1. The van der Waals surface area contributed by atoms with Gasteiger partial charge in [-0.15, -0.1) is 0 Å². The highest BCUT2D eigenvalue weighted by Gasteiger charge is 2.10. The number of aliphatic hydroxyl groups excluding tert-OH is 1. The first-order valence-corrected chi connectivity index (χ1v) is 10.6. The quantitative estimate of drug-likeness (QED) is 0.248. The van der Waals surface area contributed by atoms with E-state index in [1.165, 1.54) is 90.4 Å². The minimum Gasteiger partial charge on any atom is -0.458 e. The molecule has 0 rings (SSSR count). The minimum absolute atomic E-state index is 0.182. The molecule has 0 aliphatic carbocycles. The molecule has 0 fully saturated rings. The van der Waals surface area contributed by atoms with Gasteiger partial charge in [0.2, 0.25) is 0 Å². The monoisotopic (exact) mass is 358 g/mol. The number of carbonyl (C=O) groups is 1. The molecule has 0 heterocycles. The Morgan fingerprint density at radius 1 is 0.800 bits per heavy atom. The molecule has 0 aromatic heterocycles. The van der Waals surface area contributed by atoms with Gasteiger partial charge in [-0.25, -0.2) is 0 Å². The van der Waals surface area contributed by atoms with E-state index in [4.69, 9.17) is 14.6 Å². The summed E-state index contributed by atoms with van der Waals surface area (Å²) in [4.78, 5) is 10.8. The molecule has 150 valence electrons. The van der Waals surface area contributed by atoms with Crippen molar-refractivity contribution in [1.29, 1.82) is 0 Å². The first-order valence-electron chi connectivity index (χ1n) is 10.6. The van der Waals surface area contributed by atoms with E-state index < -0.39 is 6.10 Å². The van der Waals surface area contributed by atoms with E-state index >= 15 is 0 Å². The average molecular weight is 359 g/mol. The van der Waals surface area contributed by atoms with Gasteiger partial charge in [-0.3, -0.25) is 4.79 Å². The Balaban J connectivity index is 3.15. The summed E-state index contributed by atoms with van der Waals surface area (Å²) in [7, 11) is 0. The molecule has 0 saturated heterocycles. The van der Waals surface area contributed by atoms with Gasteiger partial charge < -0.3 is 14.6 Å². The summed E-state index contributed by atoms with van der Waals surface area (Å²) in [6, 6.07) is 0. The highest BCUT2D eigenvalue weighted by molar-refractivity contribution is 5.66. The van der Waals surface area contributed by atoms with Crippen molar-refractivity contribution >= 4 is 5.97 Å². The van der Waals surface area contributed by atoms with Crippen LogP contribution in [0.25, 0.3) is 0 Å². The Hall–Kier alpha value is -0.610. The third-order valence-corrected chi connectivity index (χ3v) is 4.48. The van der Waals surface area contributed by atoms with Crippen LogP contribution in [-0.2, 0) is 14.3 Å². The molecular weight excluding hydrogens is 316 g/mol. The Kier molecular flexibility index (Phi) is 19.2. The second kappa shape index (κ2) is 19.7. The van der Waals surface area contributed by atoms with Crippen LogP contribution in [0.15, 0.2) is 0 Å². The normalized spacial score (nSPS) is 12.3. The lowest BCUT2D eigenvalue weighted by Gasteiger charge is -2.14. The van der Waals surface area contributed by atoms with E-state index in [1.54, 1.807) is 0 Å². The van der Waals surface area contributed by atoms with Gasteiger partial charge >= 0.3 is 5.97 Å². The Morgan fingerprint density at radius 3 is 1.64 bits per heavy atom. The van der Waals surface area contributed by atoms with Crippen LogP contribution in [0.4, 0.5) is 0 Å². The molecule has 0 bridgehead atoms. The molecule has 25 heavy (non-hydrogen) atoms. The largest absolute Gasteiger partial charge is 0.458 e. The number of esters is 1. The lowest BCUT2D eigenvalue weighted by Crippen LogP contribution is -2.26. The van der Waals surface area contributed by atoms with Gasteiger partial charge in [-0.05, 0) is 6.42 Å². The van der Waals surface area contributed by atoms with E-state index in [-0.39, 0.29) is 19.2 Å². The summed E-state index contributed by atoms with van der Waals surface area (Å²) in [5.41, 5.74) is 0. The second-order valence-corrected chi connectivity index (χ2v) is 7.09. The molecule has 0 aromatic rings. The molecule has 0 saturated carbocycles. The van der Waals surface area contributed by atoms with E-state index in [1.807, 2.05) is 0 Å². The van der Waals surface area contributed by atoms with Crippen LogP contribution in [0.2, 0.25) is 0 Å². The standard InChI is InChI=1S/C21H42O4/c1-3-4-5-6-7-8-9-10-11-12-13-14-15-16-17-24-19-21(18-22)25-20(2)23/h21-22H,3-19H2,1-2H3/t21-/m0/s1. The van der Waals surface area contributed by atoms with Gasteiger partial charge in [0.05, 0.1) is 13.2 Å². The zero-order chi connectivity index (χ0) is 18.6. The van der Waals surface area contributed by atoms with Crippen LogP contribution < -0.4 is 0 Å². The summed E-state index contributed by atoms with van der Waals surface area (Å²) in [5, 5.41) is 9.04. The molecule has 1 N–H and O–H groups in total. The number of ether oxygens (including phenoxy) is 2. The lowest BCUT2D eigenvalue weighted by atomic mass is 10.0. The number of rotatable bonds is 19. The summed E-state index contributed by atoms with van der Waals surface area (Å²) in [6.07, 6.45) is 18.3. The highest BCUT2D eigenvalue weighted by atomic mass is 16.6. The number of unbranched alkanes of at least 4 members (excludes halogenated alkanes) is 13. The molecule has 4 heteroatoms. The van der Waals surface area contributed by atoms with Crippen LogP contribution in [0.1, 0.15) is 104 Å². The first-order chi connectivity index (χ1) is 12.2. The average Bonchev–Trinajstić information content (AvgIpc) is 2.60. The second-order valence-electron chi connectivity index (χ2n) is 7.09. The van der Waals surface area contributed by atoms with Crippen molar-refractivity contribution in [2.24, 2.45) is 0 Å². The molecule has 4 nitrogen and oxygen atoms in total. The molecule has 0 spiro atoms. The maximum absolute atomic E-state index is 10.8. The summed E-state index contributed by atoms with van der Waals surface area (Å²) in [5.74, 6) is -0.376. The van der Waals surface area contributed by atoms with Crippen molar-refractivity contribution in [2.45, 2.75) is 110 Å². The molecule has 0 aliphatic rings. The maximum atomic E-state index is 10.8. The van der Waals surface area contributed by atoms with Crippen molar-refractivity contribution in [3.63, 3.8) is 0 Å². The van der Waals surface area contributed by atoms with Gasteiger partial charge in [0.25, 0.3) is 0 Å². The smallest absolute Gasteiger partial charge is 0.303 e.